The smallest absolute Gasteiger partial charge is 0.00985 e. The molecule has 1 aliphatic heterocycles. The van der Waals surface area contributed by atoms with Gasteiger partial charge in [-0.05, 0) is 51.1 Å². The van der Waals surface area contributed by atoms with Crippen LogP contribution in [-0.2, 0) is 0 Å². The van der Waals surface area contributed by atoms with Crippen LogP contribution in [0.2, 0.25) is 0 Å². The molecule has 0 aromatic rings. The molecule has 2 rings (SSSR count). The highest BCUT2D eigenvalue weighted by molar-refractivity contribution is 4.91. The molecule has 1 aliphatic carbocycles. The Hall–Kier alpha value is -0.0800. The number of nitrogens with zero attached hydrogens (tertiary/aromatic N) is 1. The number of fused-ring (bicyclic) bond motifs is 2. The van der Waals surface area contributed by atoms with Crippen molar-refractivity contribution in [3.63, 3.8) is 0 Å². The molecular weight excluding hydrogens is 184 g/mol. The maximum atomic E-state index is 3.49. The molecule has 2 nitrogen and oxygen atoms in total. The van der Waals surface area contributed by atoms with Crippen molar-refractivity contribution in [1.29, 1.82) is 0 Å². The third-order valence-electron chi connectivity index (χ3n) is 3.95. The molecular formula is C13H26N2. The molecule has 2 fully saturated rings. The Bertz CT molecular complexity index is 191. The van der Waals surface area contributed by atoms with Crippen molar-refractivity contribution in [2.45, 2.75) is 58.0 Å². The van der Waals surface area contributed by atoms with Crippen molar-refractivity contribution in [3.8, 4) is 0 Å². The molecule has 0 amide bonds. The van der Waals surface area contributed by atoms with Gasteiger partial charge in [0.1, 0.15) is 0 Å². The van der Waals surface area contributed by atoms with Gasteiger partial charge in [0.2, 0.25) is 0 Å². The fourth-order valence-electron chi connectivity index (χ4n) is 3.13. The normalized spacial score (nSPS) is 30.6. The Morgan fingerprint density at radius 2 is 2.13 bits per heavy atom. The summed E-state index contributed by atoms with van der Waals surface area (Å²) >= 11 is 0. The van der Waals surface area contributed by atoms with Gasteiger partial charge in [-0.15, -0.1) is 0 Å². The lowest BCUT2D eigenvalue weighted by Gasteiger charge is -2.26. The van der Waals surface area contributed by atoms with Crippen LogP contribution in [0.3, 0.4) is 0 Å². The van der Waals surface area contributed by atoms with Crippen LogP contribution >= 0.6 is 0 Å². The number of nitrogens with one attached hydrogen (secondary N) is 1. The fraction of sp³-hybridized carbons (Fsp3) is 1.00. The van der Waals surface area contributed by atoms with E-state index < -0.39 is 0 Å². The molecule has 0 radical (unpaired) electrons. The molecule has 1 saturated carbocycles. The van der Waals surface area contributed by atoms with Gasteiger partial charge in [-0.2, -0.15) is 0 Å². The van der Waals surface area contributed by atoms with Crippen molar-refractivity contribution in [1.82, 2.24) is 10.2 Å². The molecule has 0 aromatic carbocycles. The number of likely N-dealkylation sites (tertiary alicyclic amines) is 1. The second-order valence-electron chi connectivity index (χ2n) is 5.64. The summed E-state index contributed by atoms with van der Waals surface area (Å²) in [5.74, 6) is 1.06. The fourth-order valence-corrected chi connectivity index (χ4v) is 3.13. The quantitative estimate of drug-likeness (QED) is 0.676. The topological polar surface area (TPSA) is 15.3 Å². The van der Waals surface area contributed by atoms with Crippen LogP contribution in [0.25, 0.3) is 0 Å². The van der Waals surface area contributed by atoms with Crippen molar-refractivity contribution in [2.75, 3.05) is 19.6 Å². The van der Waals surface area contributed by atoms with E-state index in [0.717, 1.165) is 12.0 Å². The van der Waals surface area contributed by atoms with E-state index in [0.29, 0.717) is 6.04 Å². The highest BCUT2D eigenvalue weighted by Crippen LogP contribution is 2.37. The Labute approximate surface area is 94.4 Å². The van der Waals surface area contributed by atoms with Gasteiger partial charge in [0.25, 0.3) is 0 Å². The lowest BCUT2D eigenvalue weighted by atomic mass is 10.1. The van der Waals surface area contributed by atoms with Crippen LogP contribution in [-0.4, -0.2) is 36.6 Å². The molecule has 15 heavy (non-hydrogen) atoms. The molecule has 1 heterocycles. The lowest BCUT2D eigenvalue weighted by Crippen LogP contribution is -2.33. The van der Waals surface area contributed by atoms with Crippen LogP contribution < -0.4 is 5.32 Å². The van der Waals surface area contributed by atoms with E-state index in [1.165, 1.54) is 51.7 Å². The first-order valence-electron chi connectivity index (χ1n) is 6.73. The Morgan fingerprint density at radius 1 is 1.27 bits per heavy atom. The second kappa shape index (κ2) is 5.31. The number of hydrogen-bond acceptors (Lipinski definition) is 2. The van der Waals surface area contributed by atoms with E-state index in [1.54, 1.807) is 0 Å². The zero-order valence-corrected chi connectivity index (χ0v) is 10.3. The minimum absolute atomic E-state index is 0.646. The summed E-state index contributed by atoms with van der Waals surface area (Å²) < 4.78 is 0. The average molecular weight is 210 g/mol. The van der Waals surface area contributed by atoms with Crippen molar-refractivity contribution >= 4 is 0 Å². The van der Waals surface area contributed by atoms with E-state index >= 15 is 0 Å². The molecule has 1 saturated heterocycles. The number of rotatable bonds is 6. The number of piperidine rings is 1. The number of unbranched alkanes of at least 4 members (excludes halogenated alkanes) is 1. The Balaban J connectivity index is 1.51. The Kier molecular flexibility index (Phi) is 4.04. The van der Waals surface area contributed by atoms with E-state index in [1.807, 2.05) is 0 Å². The minimum Gasteiger partial charge on any atom is -0.315 e. The zero-order valence-electron chi connectivity index (χ0n) is 10.3. The minimum atomic E-state index is 0.646. The zero-order chi connectivity index (χ0) is 10.7. The first-order valence-corrected chi connectivity index (χ1v) is 6.73. The largest absolute Gasteiger partial charge is 0.315 e. The van der Waals surface area contributed by atoms with Crippen LogP contribution in [0, 0.1) is 5.92 Å². The first kappa shape index (κ1) is 11.4. The van der Waals surface area contributed by atoms with E-state index in [4.69, 9.17) is 0 Å². The van der Waals surface area contributed by atoms with Gasteiger partial charge in [0.15, 0.2) is 0 Å². The summed E-state index contributed by atoms with van der Waals surface area (Å²) in [5, 5.41) is 3.49. The van der Waals surface area contributed by atoms with Crippen LogP contribution in [0.15, 0.2) is 0 Å². The molecule has 1 N–H and O–H groups in total. The maximum absolute atomic E-state index is 3.49. The first-order chi connectivity index (χ1) is 7.25. The van der Waals surface area contributed by atoms with E-state index in [-0.39, 0.29) is 0 Å². The lowest BCUT2D eigenvalue weighted by molar-refractivity contribution is 0.209. The average Bonchev–Trinajstić information content (AvgIpc) is 2.78. The SMILES string of the molecule is CC(C)NCCCCN1CC2CCC1C2. The molecule has 2 bridgehead atoms. The third kappa shape index (κ3) is 3.18. The standard InChI is InChI=1S/C13H26N2/c1-11(2)14-7-3-4-8-15-10-12-5-6-13(15)9-12/h11-14H,3-10H2,1-2H3. The van der Waals surface area contributed by atoms with Gasteiger partial charge >= 0.3 is 0 Å². The molecule has 0 aromatic heterocycles. The van der Waals surface area contributed by atoms with Gasteiger partial charge in [-0.1, -0.05) is 13.8 Å². The molecule has 0 spiro atoms. The van der Waals surface area contributed by atoms with Gasteiger partial charge < -0.3 is 10.2 Å². The predicted molar refractivity (Wildman–Crippen MR) is 65.1 cm³/mol. The summed E-state index contributed by atoms with van der Waals surface area (Å²) in [6, 6.07) is 1.61. The third-order valence-corrected chi connectivity index (χ3v) is 3.95. The van der Waals surface area contributed by atoms with Crippen LogP contribution in [0.1, 0.15) is 46.0 Å². The molecule has 88 valence electrons. The van der Waals surface area contributed by atoms with E-state index in [2.05, 4.69) is 24.1 Å². The Morgan fingerprint density at radius 3 is 2.73 bits per heavy atom. The highest BCUT2D eigenvalue weighted by Gasteiger charge is 2.36. The van der Waals surface area contributed by atoms with Crippen LogP contribution in [0.4, 0.5) is 0 Å². The van der Waals surface area contributed by atoms with Crippen molar-refractivity contribution in [2.24, 2.45) is 5.92 Å². The summed E-state index contributed by atoms with van der Waals surface area (Å²) in [6.45, 7) is 8.39. The van der Waals surface area contributed by atoms with Crippen LogP contribution in [0.5, 0.6) is 0 Å². The highest BCUT2D eigenvalue weighted by atomic mass is 15.2. The van der Waals surface area contributed by atoms with E-state index in [9.17, 15) is 0 Å². The van der Waals surface area contributed by atoms with Gasteiger partial charge in [0.05, 0.1) is 0 Å². The molecule has 2 atom stereocenters. The summed E-state index contributed by atoms with van der Waals surface area (Å²) in [6.07, 6.45) is 7.21. The van der Waals surface area contributed by atoms with Crippen molar-refractivity contribution in [3.05, 3.63) is 0 Å². The summed E-state index contributed by atoms with van der Waals surface area (Å²) in [7, 11) is 0. The summed E-state index contributed by atoms with van der Waals surface area (Å²) in [5.41, 5.74) is 0. The molecule has 2 unspecified atom stereocenters. The predicted octanol–water partition coefficient (Wildman–Crippen LogP) is 2.25. The van der Waals surface area contributed by atoms with Gasteiger partial charge in [-0.25, -0.2) is 0 Å². The second-order valence-corrected chi connectivity index (χ2v) is 5.64. The molecule has 2 heteroatoms. The number of hydrogen-bond donors (Lipinski definition) is 1. The monoisotopic (exact) mass is 210 g/mol. The van der Waals surface area contributed by atoms with Gasteiger partial charge in [-0.3, -0.25) is 0 Å². The molecule has 2 aliphatic rings. The van der Waals surface area contributed by atoms with Crippen molar-refractivity contribution < 1.29 is 0 Å². The summed E-state index contributed by atoms with van der Waals surface area (Å²) in [4.78, 5) is 2.74. The van der Waals surface area contributed by atoms with Gasteiger partial charge in [0, 0.05) is 18.6 Å². The maximum Gasteiger partial charge on any atom is 0.00985 e.